The Balaban J connectivity index is 1.97. The number of nitrogens with two attached hydrogens (primary N) is 1. The Morgan fingerprint density at radius 2 is 2.00 bits per heavy atom. The fraction of sp³-hybridized carbons (Fsp3) is 0.533. The van der Waals surface area contributed by atoms with Gasteiger partial charge < -0.3 is 11.1 Å². The maximum Gasteiger partial charge on any atom is 0.251 e. The Bertz CT molecular complexity index is 447. The van der Waals surface area contributed by atoms with Gasteiger partial charge in [-0.15, -0.1) is 0 Å². The second-order valence-corrected chi connectivity index (χ2v) is 5.62. The van der Waals surface area contributed by atoms with Gasteiger partial charge in [-0.3, -0.25) is 4.79 Å². The van der Waals surface area contributed by atoms with E-state index in [2.05, 4.69) is 5.32 Å². The molecule has 0 unspecified atom stereocenters. The van der Waals surface area contributed by atoms with Gasteiger partial charge >= 0.3 is 0 Å². The van der Waals surface area contributed by atoms with Crippen molar-refractivity contribution in [3.8, 4) is 0 Å². The molecule has 0 saturated heterocycles. The number of benzene rings is 1. The summed E-state index contributed by atoms with van der Waals surface area (Å²) in [5, 5.41) is 2.83. The van der Waals surface area contributed by atoms with Crippen molar-refractivity contribution in [1.82, 2.24) is 5.32 Å². The van der Waals surface area contributed by atoms with Crippen molar-refractivity contribution >= 4 is 5.91 Å². The van der Waals surface area contributed by atoms with E-state index < -0.39 is 0 Å². The van der Waals surface area contributed by atoms with Crippen LogP contribution in [0.4, 0.5) is 4.39 Å². The fourth-order valence-electron chi connectivity index (χ4n) is 2.66. The second-order valence-electron chi connectivity index (χ2n) is 5.62. The first-order valence-corrected chi connectivity index (χ1v) is 6.83. The molecule has 3 nitrogen and oxygen atoms in total. The number of carbonyl (C=O) groups is 1. The topological polar surface area (TPSA) is 55.1 Å². The SMILES string of the molecule is Cc1cc(F)cc(C(=O)NCC2(N)CCCCC2)c1. The van der Waals surface area contributed by atoms with E-state index in [1.54, 1.807) is 13.0 Å². The summed E-state index contributed by atoms with van der Waals surface area (Å²) in [4.78, 5) is 12.0. The first kappa shape index (κ1) is 14.0. The van der Waals surface area contributed by atoms with Crippen LogP contribution in [0.1, 0.15) is 48.0 Å². The Labute approximate surface area is 113 Å². The summed E-state index contributed by atoms with van der Waals surface area (Å²) < 4.78 is 13.3. The normalized spacial score (nSPS) is 18.1. The van der Waals surface area contributed by atoms with Crippen molar-refractivity contribution in [3.63, 3.8) is 0 Å². The van der Waals surface area contributed by atoms with Gasteiger partial charge in [0.05, 0.1) is 0 Å². The predicted molar refractivity (Wildman–Crippen MR) is 73.5 cm³/mol. The smallest absolute Gasteiger partial charge is 0.251 e. The lowest BCUT2D eigenvalue weighted by molar-refractivity contribution is 0.0937. The third-order valence-electron chi connectivity index (χ3n) is 3.75. The highest BCUT2D eigenvalue weighted by Gasteiger charge is 2.27. The van der Waals surface area contributed by atoms with Crippen LogP contribution in [-0.2, 0) is 0 Å². The zero-order valence-electron chi connectivity index (χ0n) is 11.3. The van der Waals surface area contributed by atoms with E-state index in [-0.39, 0.29) is 17.3 Å². The molecule has 1 aromatic carbocycles. The van der Waals surface area contributed by atoms with E-state index in [0.29, 0.717) is 12.1 Å². The molecule has 19 heavy (non-hydrogen) atoms. The molecule has 0 radical (unpaired) electrons. The third kappa shape index (κ3) is 3.77. The Kier molecular flexibility index (Phi) is 4.20. The van der Waals surface area contributed by atoms with Gasteiger partial charge in [0.1, 0.15) is 5.82 Å². The lowest BCUT2D eigenvalue weighted by Gasteiger charge is -2.33. The molecule has 1 saturated carbocycles. The molecule has 0 bridgehead atoms. The first-order valence-electron chi connectivity index (χ1n) is 6.83. The van der Waals surface area contributed by atoms with Crippen molar-refractivity contribution in [2.75, 3.05) is 6.54 Å². The van der Waals surface area contributed by atoms with E-state index in [1.165, 1.54) is 18.6 Å². The van der Waals surface area contributed by atoms with Gasteiger partial charge in [-0.05, 0) is 43.5 Å². The van der Waals surface area contributed by atoms with Crippen LogP contribution >= 0.6 is 0 Å². The minimum atomic E-state index is -0.384. The van der Waals surface area contributed by atoms with E-state index >= 15 is 0 Å². The van der Waals surface area contributed by atoms with Crippen LogP contribution in [0.15, 0.2) is 18.2 Å². The Morgan fingerprint density at radius 3 is 2.63 bits per heavy atom. The Hall–Kier alpha value is -1.42. The number of amides is 1. The maximum absolute atomic E-state index is 13.3. The van der Waals surface area contributed by atoms with Crippen LogP contribution < -0.4 is 11.1 Å². The van der Waals surface area contributed by atoms with Crippen molar-refractivity contribution in [3.05, 3.63) is 35.1 Å². The number of halogens is 1. The largest absolute Gasteiger partial charge is 0.350 e. The molecule has 1 amide bonds. The summed E-state index contributed by atoms with van der Waals surface area (Å²) in [7, 11) is 0. The summed E-state index contributed by atoms with van der Waals surface area (Å²) >= 11 is 0. The number of hydrogen-bond donors (Lipinski definition) is 2. The molecular formula is C15H21FN2O. The van der Waals surface area contributed by atoms with Gasteiger partial charge in [-0.2, -0.15) is 0 Å². The van der Waals surface area contributed by atoms with Crippen molar-refractivity contribution in [2.24, 2.45) is 5.73 Å². The predicted octanol–water partition coefficient (Wildman–Crippen LogP) is 2.53. The van der Waals surface area contributed by atoms with Crippen LogP contribution in [-0.4, -0.2) is 18.0 Å². The lowest BCUT2D eigenvalue weighted by atomic mass is 9.82. The monoisotopic (exact) mass is 264 g/mol. The maximum atomic E-state index is 13.3. The quantitative estimate of drug-likeness (QED) is 0.881. The van der Waals surface area contributed by atoms with Crippen LogP contribution in [0.25, 0.3) is 0 Å². The van der Waals surface area contributed by atoms with E-state index in [1.807, 2.05) is 0 Å². The number of aryl methyl sites for hydroxylation is 1. The highest BCUT2D eigenvalue weighted by molar-refractivity contribution is 5.94. The summed E-state index contributed by atoms with van der Waals surface area (Å²) in [5.74, 6) is -0.636. The van der Waals surface area contributed by atoms with Gasteiger partial charge in [-0.1, -0.05) is 19.3 Å². The van der Waals surface area contributed by atoms with Crippen molar-refractivity contribution in [2.45, 2.75) is 44.6 Å². The van der Waals surface area contributed by atoms with Crippen LogP contribution in [0.2, 0.25) is 0 Å². The average Bonchev–Trinajstić information content (AvgIpc) is 2.36. The van der Waals surface area contributed by atoms with Crippen LogP contribution in [0.3, 0.4) is 0 Å². The summed E-state index contributed by atoms with van der Waals surface area (Å²) in [6.07, 6.45) is 5.33. The molecule has 1 aliphatic carbocycles. The highest BCUT2D eigenvalue weighted by Crippen LogP contribution is 2.25. The fourth-order valence-corrected chi connectivity index (χ4v) is 2.66. The summed E-state index contributed by atoms with van der Waals surface area (Å²) in [5.41, 5.74) is 7.06. The van der Waals surface area contributed by atoms with Crippen LogP contribution in [0.5, 0.6) is 0 Å². The van der Waals surface area contributed by atoms with Gasteiger partial charge in [-0.25, -0.2) is 4.39 Å². The molecule has 0 aromatic heterocycles. The molecule has 1 aromatic rings. The second kappa shape index (κ2) is 5.70. The number of rotatable bonds is 3. The van der Waals surface area contributed by atoms with Gasteiger partial charge in [0.15, 0.2) is 0 Å². The van der Waals surface area contributed by atoms with E-state index in [9.17, 15) is 9.18 Å². The minimum absolute atomic E-state index is 0.252. The van der Waals surface area contributed by atoms with E-state index in [0.717, 1.165) is 31.2 Å². The van der Waals surface area contributed by atoms with Gasteiger partial charge in [0.25, 0.3) is 5.91 Å². The molecule has 2 rings (SSSR count). The highest BCUT2D eigenvalue weighted by atomic mass is 19.1. The molecule has 0 spiro atoms. The molecule has 3 N–H and O–H groups in total. The zero-order chi connectivity index (χ0) is 13.9. The van der Waals surface area contributed by atoms with Gasteiger partial charge in [0.2, 0.25) is 0 Å². The molecule has 0 aliphatic heterocycles. The zero-order valence-corrected chi connectivity index (χ0v) is 11.3. The van der Waals surface area contributed by atoms with Crippen molar-refractivity contribution in [1.29, 1.82) is 0 Å². The first-order chi connectivity index (χ1) is 8.98. The van der Waals surface area contributed by atoms with E-state index in [4.69, 9.17) is 5.73 Å². The average molecular weight is 264 g/mol. The minimum Gasteiger partial charge on any atom is -0.350 e. The summed E-state index contributed by atoms with van der Waals surface area (Å²) in [6, 6.07) is 4.34. The molecule has 104 valence electrons. The number of carbonyl (C=O) groups excluding carboxylic acids is 1. The molecule has 0 atom stereocenters. The standard InChI is InChI=1S/C15H21FN2O/c1-11-7-12(9-13(16)8-11)14(19)18-10-15(17)5-3-2-4-6-15/h7-9H,2-6,10,17H2,1H3,(H,18,19). The Morgan fingerprint density at radius 1 is 1.32 bits per heavy atom. The summed E-state index contributed by atoms with van der Waals surface area (Å²) in [6.45, 7) is 2.23. The van der Waals surface area contributed by atoms with Crippen LogP contribution in [0, 0.1) is 12.7 Å². The lowest BCUT2D eigenvalue weighted by Crippen LogP contribution is -2.51. The van der Waals surface area contributed by atoms with Gasteiger partial charge in [0, 0.05) is 17.6 Å². The molecule has 0 heterocycles. The third-order valence-corrected chi connectivity index (χ3v) is 3.75. The molecule has 1 aliphatic rings. The molecular weight excluding hydrogens is 243 g/mol. The number of nitrogens with one attached hydrogen (secondary N) is 1. The number of hydrogen-bond acceptors (Lipinski definition) is 2. The molecule has 4 heteroatoms. The molecule has 1 fully saturated rings. The van der Waals surface area contributed by atoms with Crippen molar-refractivity contribution < 1.29 is 9.18 Å².